The smallest absolute Gasteiger partial charge is 0.321 e. The van der Waals surface area contributed by atoms with Crippen LogP contribution >= 0.6 is 0 Å². The lowest BCUT2D eigenvalue weighted by molar-refractivity contribution is -0.141. The van der Waals surface area contributed by atoms with Crippen molar-refractivity contribution in [3.05, 3.63) is 0 Å². The molecule has 0 spiro atoms. The molecule has 31 heavy (non-hydrogen) atoms. The van der Waals surface area contributed by atoms with Crippen LogP contribution < -0.4 is 34.4 Å². The van der Waals surface area contributed by atoms with Crippen molar-refractivity contribution in [1.29, 1.82) is 0 Å². The fraction of sp³-hybridized carbons (Fsp3) is 0.600. The van der Waals surface area contributed by atoms with E-state index >= 15 is 0 Å². The fourth-order valence-corrected chi connectivity index (χ4v) is 1.35. The van der Waals surface area contributed by atoms with Gasteiger partial charge in [0, 0.05) is 13.0 Å². The Kier molecular flexibility index (Phi) is 19.2. The second kappa shape index (κ2) is 18.5. The molecule has 16 N–H and O–H groups in total. The van der Waals surface area contributed by atoms with Gasteiger partial charge in [-0.05, 0) is 19.3 Å². The third-order valence-electron chi connectivity index (χ3n) is 3.01. The minimum absolute atomic E-state index is 0.0129. The van der Waals surface area contributed by atoms with E-state index in [0.717, 1.165) is 0 Å². The van der Waals surface area contributed by atoms with Gasteiger partial charge >= 0.3 is 23.9 Å². The molecule has 16 heteroatoms. The number of primary amides is 1. The zero-order valence-corrected chi connectivity index (χ0v) is 16.7. The van der Waals surface area contributed by atoms with Gasteiger partial charge in [0.1, 0.15) is 18.1 Å². The highest BCUT2D eigenvalue weighted by molar-refractivity contribution is 5.83. The molecule has 1 amide bonds. The van der Waals surface area contributed by atoms with E-state index in [9.17, 15) is 24.0 Å². The number of carbonyl (C=O) groups excluding carboxylic acids is 1. The van der Waals surface area contributed by atoms with Gasteiger partial charge in [-0.15, -0.1) is 0 Å². The molecule has 0 aliphatic rings. The Morgan fingerprint density at radius 3 is 1.42 bits per heavy atom. The molecule has 0 aliphatic carbocycles. The monoisotopic (exact) mass is 453 g/mol. The number of nitrogens with zero attached hydrogens (tertiary/aromatic N) is 1. The van der Waals surface area contributed by atoms with Gasteiger partial charge in [-0.2, -0.15) is 0 Å². The van der Waals surface area contributed by atoms with Crippen molar-refractivity contribution in [1.82, 2.24) is 0 Å². The number of carbonyl (C=O) groups is 5. The molecule has 0 aromatic rings. The first-order chi connectivity index (χ1) is 14.1. The molecule has 0 rings (SSSR count). The summed E-state index contributed by atoms with van der Waals surface area (Å²) in [4.78, 5) is 53.7. The lowest BCUT2D eigenvalue weighted by atomic mass is 10.2. The summed E-state index contributed by atoms with van der Waals surface area (Å²) in [5.74, 6) is -5.10. The predicted molar refractivity (Wildman–Crippen MR) is 107 cm³/mol. The van der Waals surface area contributed by atoms with E-state index in [1.807, 2.05) is 0 Å². The van der Waals surface area contributed by atoms with Crippen molar-refractivity contribution >= 4 is 35.7 Å². The highest BCUT2D eigenvalue weighted by Crippen LogP contribution is 1.94. The van der Waals surface area contributed by atoms with Crippen LogP contribution in [0.4, 0.5) is 0 Å². The summed E-state index contributed by atoms with van der Waals surface area (Å²) in [5, 5.41) is 32.8. The summed E-state index contributed by atoms with van der Waals surface area (Å²) in [6, 6.07) is -3.04. The average Bonchev–Trinajstić information content (AvgIpc) is 2.63. The first-order valence-electron chi connectivity index (χ1n) is 8.62. The number of rotatable bonds is 12. The summed E-state index contributed by atoms with van der Waals surface area (Å²) in [5.41, 5.74) is 29.9. The number of aliphatic carboxylic acids is 4. The quantitative estimate of drug-likeness (QED) is 0.0764. The standard InChI is InChI=1S/C6H14N4O2.C5H9NO4.C4H8N2O3/c7-4(5(11)12)2-1-3-10-6(8)9;6-3(5(9)10)1-2-4(7)8;5-2(4(8)9)1-3(6)7/h4H,1-3,7H2,(H,11,12)(H4,8,9,10);3H,1-2,6H2,(H,7,8)(H,9,10);2H,1,5H2,(H2,6,7)(H,8,9). The van der Waals surface area contributed by atoms with Crippen LogP contribution in [0.2, 0.25) is 0 Å². The van der Waals surface area contributed by atoms with Gasteiger partial charge in [0.05, 0.1) is 6.42 Å². The molecular weight excluding hydrogens is 422 g/mol. The van der Waals surface area contributed by atoms with Gasteiger partial charge in [0.15, 0.2) is 5.96 Å². The fourth-order valence-electron chi connectivity index (χ4n) is 1.35. The molecule has 0 aromatic heterocycles. The van der Waals surface area contributed by atoms with Crippen LogP contribution in [-0.2, 0) is 24.0 Å². The molecule has 0 bridgehead atoms. The third kappa shape index (κ3) is 26.5. The first kappa shape index (κ1) is 32.2. The Bertz CT molecular complexity index is 624. The van der Waals surface area contributed by atoms with Crippen LogP contribution in [0.3, 0.4) is 0 Å². The zero-order valence-electron chi connectivity index (χ0n) is 16.7. The number of aliphatic imine (C=N–C) groups is 1. The summed E-state index contributed by atoms with van der Waals surface area (Å²) in [6.45, 7) is 0.420. The molecule has 16 nitrogen and oxygen atoms in total. The lowest BCUT2D eigenvalue weighted by Gasteiger charge is -2.03. The van der Waals surface area contributed by atoms with E-state index in [0.29, 0.717) is 19.4 Å². The normalized spacial score (nSPS) is 12.4. The van der Waals surface area contributed by atoms with E-state index in [1.165, 1.54) is 0 Å². The number of nitrogens with two attached hydrogens (primary N) is 6. The third-order valence-corrected chi connectivity index (χ3v) is 3.01. The van der Waals surface area contributed by atoms with Crippen molar-refractivity contribution in [3.8, 4) is 0 Å². The zero-order chi connectivity index (χ0) is 25.1. The van der Waals surface area contributed by atoms with Crippen molar-refractivity contribution in [2.24, 2.45) is 39.4 Å². The van der Waals surface area contributed by atoms with Crippen LogP contribution in [0.1, 0.15) is 32.1 Å². The SMILES string of the molecule is NC(=O)CC(N)C(=O)O.NC(CCC(=O)O)C(=O)O.NC(N)=NCCCC(N)C(=O)O. The van der Waals surface area contributed by atoms with E-state index in [2.05, 4.69) is 10.7 Å². The summed E-state index contributed by atoms with van der Waals surface area (Å²) in [6.07, 6.45) is 0.422. The predicted octanol–water partition coefficient (Wildman–Crippen LogP) is -4.01. The van der Waals surface area contributed by atoms with Gasteiger partial charge in [0.2, 0.25) is 5.91 Å². The Morgan fingerprint density at radius 2 is 1.13 bits per heavy atom. The summed E-state index contributed by atoms with van der Waals surface area (Å²) in [7, 11) is 0. The van der Waals surface area contributed by atoms with Crippen LogP contribution in [0.5, 0.6) is 0 Å². The topological polar surface area (TPSA) is 335 Å². The van der Waals surface area contributed by atoms with Crippen LogP contribution in [0.25, 0.3) is 0 Å². The lowest BCUT2D eigenvalue weighted by Crippen LogP contribution is -2.34. The maximum absolute atomic E-state index is 10.2. The Morgan fingerprint density at radius 1 is 0.710 bits per heavy atom. The van der Waals surface area contributed by atoms with Crippen molar-refractivity contribution < 1.29 is 44.4 Å². The molecule has 0 radical (unpaired) electrons. The van der Waals surface area contributed by atoms with E-state index in [1.54, 1.807) is 0 Å². The molecular formula is C15H31N7O9. The molecule has 0 aliphatic heterocycles. The van der Waals surface area contributed by atoms with Gasteiger partial charge in [-0.1, -0.05) is 0 Å². The van der Waals surface area contributed by atoms with Crippen LogP contribution in [0, 0.1) is 0 Å². The highest BCUT2D eigenvalue weighted by Gasteiger charge is 2.13. The molecule has 0 saturated heterocycles. The molecule has 3 atom stereocenters. The van der Waals surface area contributed by atoms with Crippen molar-refractivity contribution in [2.75, 3.05) is 6.54 Å². The van der Waals surface area contributed by atoms with Crippen LogP contribution in [0.15, 0.2) is 4.99 Å². The maximum atomic E-state index is 10.2. The largest absolute Gasteiger partial charge is 0.481 e. The average molecular weight is 453 g/mol. The summed E-state index contributed by atoms with van der Waals surface area (Å²) >= 11 is 0. The number of amides is 1. The minimum atomic E-state index is -1.21. The Hall–Kier alpha value is -3.50. The van der Waals surface area contributed by atoms with Crippen molar-refractivity contribution in [3.63, 3.8) is 0 Å². The Labute approximate surface area is 177 Å². The molecule has 0 saturated carbocycles. The Balaban J connectivity index is -0.000000384. The molecule has 0 aromatic carbocycles. The number of hydrogen-bond acceptors (Lipinski definition) is 9. The van der Waals surface area contributed by atoms with Gasteiger partial charge < -0.3 is 54.8 Å². The van der Waals surface area contributed by atoms with E-state index in [4.69, 9.17) is 49.1 Å². The van der Waals surface area contributed by atoms with Gasteiger partial charge in [-0.25, -0.2) is 0 Å². The first-order valence-corrected chi connectivity index (χ1v) is 8.62. The summed E-state index contributed by atoms with van der Waals surface area (Å²) < 4.78 is 0. The highest BCUT2D eigenvalue weighted by atomic mass is 16.4. The van der Waals surface area contributed by atoms with E-state index < -0.39 is 47.9 Å². The second-order valence-corrected chi connectivity index (χ2v) is 5.89. The number of guanidine groups is 1. The second-order valence-electron chi connectivity index (χ2n) is 5.89. The van der Waals surface area contributed by atoms with Crippen LogP contribution in [-0.4, -0.2) is 80.8 Å². The maximum Gasteiger partial charge on any atom is 0.321 e. The molecule has 180 valence electrons. The minimum Gasteiger partial charge on any atom is -0.481 e. The molecule has 3 unspecified atom stereocenters. The number of carboxylic acids is 4. The molecule has 0 heterocycles. The van der Waals surface area contributed by atoms with Gasteiger partial charge in [-0.3, -0.25) is 29.0 Å². The van der Waals surface area contributed by atoms with Gasteiger partial charge in [0.25, 0.3) is 0 Å². The number of carboxylic acid groups (broad SMARTS) is 4. The van der Waals surface area contributed by atoms with Crippen molar-refractivity contribution in [2.45, 2.75) is 50.2 Å². The molecule has 0 fully saturated rings. The number of hydrogen-bond donors (Lipinski definition) is 10. The van der Waals surface area contributed by atoms with E-state index in [-0.39, 0.29) is 25.2 Å².